The zero-order valence-corrected chi connectivity index (χ0v) is 12.3. The summed E-state index contributed by atoms with van der Waals surface area (Å²) in [7, 11) is 1.62. The summed E-state index contributed by atoms with van der Waals surface area (Å²) in [6, 6.07) is 6.95. The lowest BCUT2D eigenvalue weighted by Gasteiger charge is -2.18. The highest BCUT2D eigenvalue weighted by Crippen LogP contribution is 2.17. The summed E-state index contributed by atoms with van der Waals surface area (Å²) < 4.78 is 10.2. The first kappa shape index (κ1) is 17.0. The summed E-state index contributed by atoms with van der Waals surface area (Å²) in [5, 5.41) is 6.48. The van der Waals surface area contributed by atoms with Crippen molar-refractivity contribution in [3.05, 3.63) is 45.8 Å². The zero-order valence-electron chi connectivity index (χ0n) is 12.3. The van der Waals surface area contributed by atoms with Crippen molar-refractivity contribution >= 4 is 5.97 Å². The van der Waals surface area contributed by atoms with Gasteiger partial charge >= 0.3 is 5.97 Å². The number of benzene rings is 1. The van der Waals surface area contributed by atoms with Gasteiger partial charge in [0.05, 0.1) is 13.2 Å². The molecule has 21 heavy (non-hydrogen) atoms. The fourth-order valence-corrected chi connectivity index (χ4v) is 1.90. The molecule has 0 bridgehead atoms. The molecule has 1 aromatic carbocycles. The van der Waals surface area contributed by atoms with Crippen LogP contribution in [-0.2, 0) is 20.9 Å². The third-order valence-corrected chi connectivity index (χ3v) is 2.74. The maximum Gasteiger partial charge on any atom is 0.327 e. The lowest BCUT2D eigenvalue weighted by Crippen LogP contribution is -2.32. The standard InChI is InChI=1S/C14H20N4O3/c1-3-21-14(19)13(16-7-8-17-18-15)12-6-4-5-11(9-12)10-20-2/h4-6,9,13,16H,3,7-8,10H2,1-2H3. The molecular weight excluding hydrogens is 272 g/mol. The number of nitrogens with zero attached hydrogens (tertiary/aromatic N) is 3. The van der Waals surface area contributed by atoms with Gasteiger partial charge in [-0.3, -0.25) is 0 Å². The first-order chi connectivity index (χ1) is 10.2. The van der Waals surface area contributed by atoms with Crippen LogP contribution < -0.4 is 5.32 Å². The van der Waals surface area contributed by atoms with Crippen LogP contribution in [0.15, 0.2) is 29.4 Å². The maximum atomic E-state index is 12.1. The monoisotopic (exact) mass is 292 g/mol. The highest BCUT2D eigenvalue weighted by atomic mass is 16.5. The Bertz CT molecular complexity index is 501. The van der Waals surface area contributed by atoms with Gasteiger partial charge in [-0.25, -0.2) is 4.79 Å². The number of esters is 1. The molecule has 0 radical (unpaired) electrons. The number of carbonyl (C=O) groups is 1. The van der Waals surface area contributed by atoms with Crippen LogP contribution in [0.5, 0.6) is 0 Å². The van der Waals surface area contributed by atoms with Gasteiger partial charge in [0.15, 0.2) is 0 Å². The average Bonchev–Trinajstić information content (AvgIpc) is 2.48. The van der Waals surface area contributed by atoms with Crippen molar-refractivity contribution in [3.63, 3.8) is 0 Å². The molecule has 7 heteroatoms. The molecule has 0 aliphatic rings. The normalized spacial score (nSPS) is 11.5. The summed E-state index contributed by atoms with van der Waals surface area (Å²) >= 11 is 0. The molecule has 7 nitrogen and oxygen atoms in total. The van der Waals surface area contributed by atoms with Crippen molar-refractivity contribution in [2.75, 3.05) is 26.8 Å². The Morgan fingerprint density at radius 3 is 3.00 bits per heavy atom. The minimum absolute atomic E-state index is 0.268. The van der Waals surface area contributed by atoms with E-state index in [0.717, 1.165) is 11.1 Å². The molecule has 0 saturated carbocycles. The Balaban J connectivity index is 2.85. The van der Waals surface area contributed by atoms with Crippen molar-refractivity contribution in [1.82, 2.24) is 5.32 Å². The van der Waals surface area contributed by atoms with Crippen molar-refractivity contribution in [3.8, 4) is 0 Å². The van der Waals surface area contributed by atoms with E-state index in [4.69, 9.17) is 15.0 Å². The van der Waals surface area contributed by atoms with Crippen molar-refractivity contribution < 1.29 is 14.3 Å². The Labute approximate surface area is 123 Å². The first-order valence-electron chi connectivity index (χ1n) is 6.71. The molecular formula is C14H20N4O3. The molecule has 0 spiro atoms. The molecule has 0 aliphatic carbocycles. The Morgan fingerprint density at radius 2 is 2.33 bits per heavy atom. The molecule has 0 aliphatic heterocycles. The van der Waals surface area contributed by atoms with Gasteiger partial charge in [0.2, 0.25) is 0 Å². The lowest BCUT2D eigenvalue weighted by molar-refractivity contribution is -0.145. The van der Waals surface area contributed by atoms with Gasteiger partial charge in [0.25, 0.3) is 0 Å². The van der Waals surface area contributed by atoms with E-state index in [1.54, 1.807) is 14.0 Å². The van der Waals surface area contributed by atoms with E-state index in [1.807, 2.05) is 24.3 Å². The number of hydrogen-bond donors (Lipinski definition) is 1. The number of hydrogen-bond acceptors (Lipinski definition) is 5. The number of azide groups is 1. The molecule has 0 saturated heterocycles. The minimum Gasteiger partial charge on any atom is -0.465 e. The summed E-state index contributed by atoms with van der Waals surface area (Å²) in [6.07, 6.45) is 0. The smallest absolute Gasteiger partial charge is 0.327 e. The Kier molecular flexibility index (Phi) is 7.89. The quantitative estimate of drug-likeness (QED) is 0.248. The lowest BCUT2D eigenvalue weighted by atomic mass is 10.0. The minimum atomic E-state index is -0.587. The second-order valence-corrected chi connectivity index (χ2v) is 4.27. The third-order valence-electron chi connectivity index (χ3n) is 2.74. The van der Waals surface area contributed by atoms with Crippen molar-refractivity contribution in [1.29, 1.82) is 0 Å². The topological polar surface area (TPSA) is 96.3 Å². The molecule has 1 rings (SSSR count). The molecule has 1 aromatic rings. The molecule has 114 valence electrons. The Morgan fingerprint density at radius 1 is 1.52 bits per heavy atom. The fourth-order valence-electron chi connectivity index (χ4n) is 1.90. The molecule has 0 aromatic heterocycles. The van der Waals surface area contributed by atoms with Gasteiger partial charge in [-0.05, 0) is 23.6 Å². The van der Waals surface area contributed by atoms with E-state index < -0.39 is 6.04 Å². The predicted octanol–water partition coefficient (Wildman–Crippen LogP) is 2.34. The second-order valence-electron chi connectivity index (χ2n) is 4.27. The zero-order chi connectivity index (χ0) is 15.5. The van der Waals surface area contributed by atoms with Crippen LogP contribution in [0.1, 0.15) is 24.1 Å². The summed E-state index contributed by atoms with van der Waals surface area (Å²) in [5.41, 5.74) is 10.0. The van der Waals surface area contributed by atoms with Gasteiger partial charge in [0.1, 0.15) is 6.04 Å². The summed E-state index contributed by atoms with van der Waals surface area (Å²) in [5.74, 6) is -0.354. The van der Waals surface area contributed by atoms with E-state index in [9.17, 15) is 4.79 Å². The third kappa shape index (κ3) is 5.83. The van der Waals surface area contributed by atoms with Gasteiger partial charge in [-0.15, -0.1) is 0 Å². The van der Waals surface area contributed by atoms with E-state index in [2.05, 4.69) is 15.3 Å². The number of methoxy groups -OCH3 is 1. The van der Waals surface area contributed by atoms with Crippen LogP contribution in [-0.4, -0.2) is 32.8 Å². The molecule has 0 heterocycles. The molecule has 1 unspecified atom stereocenters. The molecule has 0 amide bonds. The average molecular weight is 292 g/mol. The Hall–Kier alpha value is -2.08. The van der Waals surface area contributed by atoms with Crippen molar-refractivity contribution in [2.24, 2.45) is 5.11 Å². The predicted molar refractivity (Wildman–Crippen MR) is 78.5 cm³/mol. The summed E-state index contributed by atoms with van der Waals surface area (Å²) in [4.78, 5) is 14.7. The van der Waals surface area contributed by atoms with Gasteiger partial charge < -0.3 is 14.8 Å². The maximum absolute atomic E-state index is 12.1. The highest BCUT2D eigenvalue weighted by Gasteiger charge is 2.21. The second kappa shape index (κ2) is 9.77. The van der Waals surface area contributed by atoms with Crippen LogP contribution in [0.4, 0.5) is 0 Å². The molecule has 1 N–H and O–H groups in total. The number of ether oxygens (including phenoxy) is 2. The van der Waals surface area contributed by atoms with Crippen LogP contribution in [0.25, 0.3) is 10.4 Å². The van der Waals surface area contributed by atoms with Gasteiger partial charge in [-0.2, -0.15) is 0 Å². The molecule has 1 atom stereocenters. The largest absolute Gasteiger partial charge is 0.465 e. The number of nitrogens with one attached hydrogen (secondary N) is 1. The van der Waals surface area contributed by atoms with Crippen LogP contribution in [0.3, 0.4) is 0 Å². The van der Waals surface area contributed by atoms with E-state index in [-0.39, 0.29) is 12.5 Å². The van der Waals surface area contributed by atoms with Crippen LogP contribution in [0, 0.1) is 0 Å². The van der Waals surface area contributed by atoms with E-state index in [0.29, 0.717) is 19.8 Å². The number of carbonyl (C=O) groups excluding carboxylic acids is 1. The van der Waals surface area contributed by atoms with E-state index in [1.165, 1.54) is 0 Å². The first-order valence-corrected chi connectivity index (χ1v) is 6.71. The highest BCUT2D eigenvalue weighted by molar-refractivity contribution is 5.77. The number of rotatable bonds is 9. The van der Waals surface area contributed by atoms with Crippen LogP contribution >= 0.6 is 0 Å². The SMILES string of the molecule is CCOC(=O)C(NCCN=[N+]=[N-])c1cccc(COC)c1. The van der Waals surface area contributed by atoms with Gasteiger partial charge in [-0.1, -0.05) is 29.4 Å². The fraction of sp³-hybridized carbons (Fsp3) is 0.500. The summed E-state index contributed by atoms with van der Waals surface area (Å²) in [6.45, 7) is 3.20. The van der Waals surface area contributed by atoms with Crippen molar-refractivity contribution in [2.45, 2.75) is 19.6 Å². The van der Waals surface area contributed by atoms with Gasteiger partial charge in [0, 0.05) is 25.1 Å². The van der Waals surface area contributed by atoms with Crippen LogP contribution in [0.2, 0.25) is 0 Å². The van der Waals surface area contributed by atoms with E-state index >= 15 is 0 Å². The molecule has 0 fully saturated rings.